The van der Waals surface area contributed by atoms with E-state index in [-0.39, 0.29) is 25.5 Å². The number of fused-ring (bicyclic) bond motifs is 1. The molecule has 4 rings (SSSR count). The van der Waals surface area contributed by atoms with Crippen LogP contribution in [-0.4, -0.2) is 25.5 Å². The maximum atomic E-state index is 12.6. The number of hydrogen-bond donors (Lipinski definition) is 0. The summed E-state index contributed by atoms with van der Waals surface area (Å²) in [5.74, 6) is -0.579. The highest BCUT2D eigenvalue weighted by Gasteiger charge is 2.36. The molecule has 1 amide bonds. The summed E-state index contributed by atoms with van der Waals surface area (Å²) < 4.78 is 16.6. The zero-order valence-electron chi connectivity index (χ0n) is 16.1. The molecule has 0 N–H and O–H groups in total. The monoisotopic (exact) mass is 471 g/mol. The summed E-state index contributed by atoms with van der Waals surface area (Å²) in [5, 5.41) is 0.686. The number of hydrogen-bond acceptors (Lipinski definition) is 6. The molecule has 2 heterocycles. The molecular formula is C22H18BrNO6. The van der Waals surface area contributed by atoms with E-state index >= 15 is 0 Å². The van der Waals surface area contributed by atoms with Gasteiger partial charge in [0.25, 0.3) is 0 Å². The van der Waals surface area contributed by atoms with Gasteiger partial charge in [-0.25, -0.2) is 4.79 Å². The first-order valence-corrected chi connectivity index (χ1v) is 10.1. The summed E-state index contributed by atoms with van der Waals surface area (Å²) in [6, 6.07) is 13.7. The van der Waals surface area contributed by atoms with Gasteiger partial charge in [-0.3, -0.25) is 9.59 Å². The van der Waals surface area contributed by atoms with Crippen molar-refractivity contribution in [1.29, 1.82) is 0 Å². The molecule has 0 radical (unpaired) electrons. The van der Waals surface area contributed by atoms with Crippen LogP contribution >= 0.6 is 15.9 Å². The first-order valence-electron chi connectivity index (χ1n) is 9.28. The topological polar surface area (TPSA) is 86.0 Å². The Morgan fingerprint density at radius 1 is 1.20 bits per heavy atom. The summed E-state index contributed by atoms with van der Waals surface area (Å²) >= 11 is 3.34. The van der Waals surface area contributed by atoms with Crippen molar-refractivity contribution in [2.45, 2.75) is 13.0 Å². The summed E-state index contributed by atoms with van der Waals surface area (Å²) in [5.41, 5.74) is 1.11. The number of esters is 1. The van der Waals surface area contributed by atoms with Crippen molar-refractivity contribution in [2.75, 3.05) is 18.6 Å². The molecule has 2 aromatic carbocycles. The predicted octanol–water partition coefficient (Wildman–Crippen LogP) is 3.66. The maximum Gasteiger partial charge on any atom is 0.336 e. The smallest absolute Gasteiger partial charge is 0.336 e. The molecule has 1 atom stereocenters. The van der Waals surface area contributed by atoms with Crippen molar-refractivity contribution in [1.82, 2.24) is 0 Å². The summed E-state index contributed by atoms with van der Waals surface area (Å²) in [6.45, 7) is 0.155. The van der Waals surface area contributed by atoms with Crippen molar-refractivity contribution >= 4 is 44.5 Å². The Kier molecular flexibility index (Phi) is 5.59. The van der Waals surface area contributed by atoms with Crippen LogP contribution in [0.15, 0.2) is 62.2 Å². The van der Waals surface area contributed by atoms with E-state index in [1.807, 2.05) is 6.07 Å². The van der Waals surface area contributed by atoms with Gasteiger partial charge < -0.3 is 18.8 Å². The van der Waals surface area contributed by atoms with Crippen molar-refractivity contribution < 1.29 is 23.5 Å². The summed E-state index contributed by atoms with van der Waals surface area (Å²) in [7, 11) is 1.55. The average Bonchev–Trinajstić information content (AvgIpc) is 3.13. The third-order valence-electron chi connectivity index (χ3n) is 4.99. The highest BCUT2D eigenvalue weighted by atomic mass is 79.9. The fraction of sp³-hybridized carbons (Fsp3) is 0.227. The number of rotatable bonds is 5. The largest absolute Gasteiger partial charge is 0.497 e. The van der Waals surface area contributed by atoms with Crippen LogP contribution in [0.5, 0.6) is 5.75 Å². The van der Waals surface area contributed by atoms with Crippen LogP contribution < -0.4 is 15.3 Å². The number of carbonyl (C=O) groups excluding carboxylic acids is 2. The van der Waals surface area contributed by atoms with Crippen molar-refractivity contribution in [3.8, 4) is 5.75 Å². The van der Waals surface area contributed by atoms with Gasteiger partial charge in [-0.1, -0.05) is 22.0 Å². The van der Waals surface area contributed by atoms with Crippen LogP contribution in [0, 0.1) is 5.92 Å². The third-order valence-corrected chi connectivity index (χ3v) is 5.48. The Balaban J connectivity index is 1.47. The standard InChI is InChI=1S/C22H18BrNO6/c1-28-17-4-2-3-16(10-17)24-11-13(7-20(24)25)22(27)29-12-14-8-21(26)30-19-9-15(23)5-6-18(14)19/h2-6,8-10,13H,7,11-12H2,1H3. The van der Waals surface area contributed by atoms with E-state index in [9.17, 15) is 14.4 Å². The molecule has 0 spiro atoms. The van der Waals surface area contributed by atoms with Gasteiger partial charge in [0.1, 0.15) is 17.9 Å². The fourth-order valence-electron chi connectivity index (χ4n) is 3.48. The molecule has 1 unspecified atom stereocenters. The minimum atomic E-state index is -0.579. The average molecular weight is 472 g/mol. The van der Waals surface area contributed by atoms with Crippen LogP contribution in [0.1, 0.15) is 12.0 Å². The zero-order valence-corrected chi connectivity index (χ0v) is 17.7. The molecular weight excluding hydrogens is 454 g/mol. The Labute approximate surface area is 180 Å². The quantitative estimate of drug-likeness (QED) is 0.416. The lowest BCUT2D eigenvalue weighted by Gasteiger charge is -2.17. The van der Waals surface area contributed by atoms with Crippen molar-refractivity contribution in [3.63, 3.8) is 0 Å². The van der Waals surface area contributed by atoms with Crippen LogP contribution in [0.25, 0.3) is 11.0 Å². The molecule has 0 aliphatic carbocycles. The Hall–Kier alpha value is -3.13. The Morgan fingerprint density at radius 3 is 2.83 bits per heavy atom. The summed E-state index contributed by atoms with van der Waals surface area (Å²) in [4.78, 5) is 38.4. The van der Waals surface area contributed by atoms with E-state index in [4.69, 9.17) is 13.9 Å². The number of amides is 1. The van der Waals surface area contributed by atoms with Crippen molar-refractivity contribution in [3.05, 3.63) is 69.0 Å². The number of methoxy groups -OCH3 is 1. The molecule has 0 saturated carbocycles. The van der Waals surface area contributed by atoms with Gasteiger partial charge in [0.15, 0.2) is 0 Å². The zero-order chi connectivity index (χ0) is 21.3. The first kappa shape index (κ1) is 20.2. The molecule has 1 aliphatic heterocycles. The number of carbonyl (C=O) groups is 2. The molecule has 154 valence electrons. The second-order valence-electron chi connectivity index (χ2n) is 6.95. The molecule has 1 fully saturated rings. The molecule has 0 bridgehead atoms. The Morgan fingerprint density at radius 2 is 2.03 bits per heavy atom. The third kappa shape index (κ3) is 4.09. The highest BCUT2D eigenvalue weighted by molar-refractivity contribution is 9.10. The number of ether oxygens (including phenoxy) is 2. The minimum absolute atomic E-state index is 0.0701. The molecule has 8 heteroatoms. The summed E-state index contributed by atoms with van der Waals surface area (Å²) in [6.07, 6.45) is 0.0701. The second kappa shape index (κ2) is 8.31. The lowest BCUT2D eigenvalue weighted by molar-refractivity contribution is -0.149. The molecule has 1 aliphatic rings. The van der Waals surface area contributed by atoms with Crippen molar-refractivity contribution in [2.24, 2.45) is 5.92 Å². The van der Waals surface area contributed by atoms with Crippen LogP contribution in [0.4, 0.5) is 5.69 Å². The van der Waals surface area contributed by atoms with Gasteiger partial charge in [0.05, 0.1) is 13.0 Å². The molecule has 30 heavy (non-hydrogen) atoms. The molecule has 3 aromatic rings. The van der Waals surface area contributed by atoms with Crippen LogP contribution in [0.3, 0.4) is 0 Å². The Bertz CT molecular complexity index is 1190. The normalized spacial score (nSPS) is 16.1. The highest BCUT2D eigenvalue weighted by Crippen LogP contribution is 2.29. The van der Waals surface area contributed by atoms with E-state index < -0.39 is 17.5 Å². The SMILES string of the molecule is COc1cccc(N2CC(C(=O)OCc3cc(=O)oc4cc(Br)ccc34)CC2=O)c1. The first-order chi connectivity index (χ1) is 14.4. The number of anilines is 1. The van der Waals surface area contributed by atoms with Gasteiger partial charge in [-0.2, -0.15) is 0 Å². The van der Waals surface area contributed by atoms with E-state index in [1.54, 1.807) is 48.4 Å². The second-order valence-corrected chi connectivity index (χ2v) is 7.86. The van der Waals surface area contributed by atoms with Gasteiger partial charge in [-0.15, -0.1) is 0 Å². The van der Waals surface area contributed by atoms with Gasteiger partial charge in [-0.05, 0) is 30.3 Å². The fourth-order valence-corrected chi connectivity index (χ4v) is 3.82. The predicted molar refractivity (Wildman–Crippen MR) is 113 cm³/mol. The van der Waals surface area contributed by atoms with E-state index in [1.165, 1.54) is 6.07 Å². The van der Waals surface area contributed by atoms with E-state index in [0.29, 0.717) is 28.0 Å². The number of nitrogens with zero attached hydrogens (tertiary/aromatic N) is 1. The lowest BCUT2D eigenvalue weighted by Crippen LogP contribution is -2.26. The number of benzene rings is 2. The van der Waals surface area contributed by atoms with E-state index in [0.717, 1.165) is 4.47 Å². The molecule has 7 nitrogen and oxygen atoms in total. The van der Waals surface area contributed by atoms with E-state index in [2.05, 4.69) is 15.9 Å². The lowest BCUT2D eigenvalue weighted by atomic mass is 10.1. The number of halogens is 1. The molecule has 1 saturated heterocycles. The molecule has 1 aromatic heterocycles. The van der Waals surface area contributed by atoms with Crippen LogP contribution in [0.2, 0.25) is 0 Å². The van der Waals surface area contributed by atoms with Gasteiger partial charge in [0, 0.05) is 46.2 Å². The maximum absolute atomic E-state index is 12.6. The van der Waals surface area contributed by atoms with Crippen LogP contribution in [-0.2, 0) is 20.9 Å². The van der Waals surface area contributed by atoms with Gasteiger partial charge >= 0.3 is 11.6 Å². The minimum Gasteiger partial charge on any atom is -0.497 e. The van der Waals surface area contributed by atoms with Gasteiger partial charge in [0.2, 0.25) is 5.91 Å².